The van der Waals surface area contributed by atoms with E-state index in [4.69, 9.17) is 4.74 Å². The third kappa shape index (κ3) is 7.97. The third-order valence-corrected chi connectivity index (χ3v) is 21.8. The lowest BCUT2D eigenvalue weighted by Crippen LogP contribution is -2.64. The van der Waals surface area contributed by atoms with Gasteiger partial charge in [-0.25, -0.2) is 0 Å². The molecule has 0 radical (unpaired) electrons. The van der Waals surface area contributed by atoms with Crippen molar-refractivity contribution in [2.75, 3.05) is 24.5 Å². The molecule has 94 heavy (non-hydrogen) atoms. The summed E-state index contributed by atoms with van der Waals surface area (Å²) in [7, 11) is 0. The molecule has 4 aliphatic heterocycles. The lowest BCUT2D eigenvalue weighted by molar-refractivity contribution is 0.487. The first-order valence-corrected chi connectivity index (χ1v) is 33.8. The number of hydrogen-bond donors (Lipinski definition) is 0. The summed E-state index contributed by atoms with van der Waals surface area (Å²) in [6, 6.07) is 119. The Balaban J connectivity index is 0.915. The molecule has 6 heterocycles. The maximum Gasteiger partial charge on any atom is 0.256 e. The molecule has 438 valence electrons. The largest absolute Gasteiger partial charge is 0.458 e. The van der Waals surface area contributed by atoms with Gasteiger partial charge in [-0.15, -0.1) is 22.7 Å². The smallest absolute Gasteiger partial charge is 0.256 e. The number of fused-ring (bicyclic) bond motifs is 14. The summed E-state index contributed by atoms with van der Waals surface area (Å²) in [6.07, 6.45) is 0. The van der Waals surface area contributed by atoms with E-state index in [9.17, 15) is 0 Å². The summed E-state index contributed by atoms with van der Waals surface area (Å²) in [5.41, 5.74) is 23.6. The van der Waals surface area contributed by atoms with Crippen LogP contribution >= 0.6 is 22.7 Å². The van der Waals surface area contributed by atoms with E-state index in [0.717, 1.165) is 108 Å². The number of nitrogens with zero attached hydrogens (tertiary/aromatic N) is 5. The molecule has 0 N–H and O–H groups in total. The second-order valence-electron chi connectivity index (χ2n) is 24.7. The van der Waals surface area contributed by atoms with Gasteiger partial charge < -0.3 is 29.2 Å². The summed E-state index contributed by atoms with van der Waals surface area (Å²) < 4.78 is 12.5. The zero-order valence-electron chi connectivity index (χ0n) is 50.7. The van der Waals surface area contributed by atoms with Gasteiger partial charge in [-0.05, 0) is 166 Å². The number of thiophene rings is 2. The SMILES string of the molecule is c1ccc(N(c2ccccc2)c2cc3c4c(c2)N(c2ccccc2)c2cc5c(cc2B4c2ccccc2N3c2ccccc2)B2c3ccccc3Oc3cc(N(c4ccccc4)c4cccc6sc7ccccc7c46)cc(c32)N5c2cccc3sc4ccccc4c23)cc1. The lowest BCUT2D eigenvalue weighted by Gasteiger charge is -2.47. The highest BCUT2D eigenvalue weighted by Crippen LogP contribution is 2.54. The van der Waals surface area contributed by atoms with Crippen molar-refractivity contribution in [2.24, 2.45) is 0 Å². The summed E-state index contributed by atoms with van der Waals surface area (Å²) in [6.45, 7) is -0.393. The van der Waals surface area contributed by atoms with E-state index in [1.165, 1.54) is 62.2 Å². The first-order valence-electron chi connectivity index (χ1n) is 32.1. The molecule has 0 unspecified atom stereocenters. The quantitative estimate of drug-likeness (QED) is 0.134. The maximum absolute atomic E-state index is 7.50. The Morgan fingerprint density at radius 3 is 1.35 bits per heavy atom. The zero-order valence-corrected chi connectivity index (χ0v) is 52.3. The van der Waals surface area contributed by atoms with Crippen LogP contribution in [0.25, 0.3) is 40.3 Å². The van der Waals surface area contributed by atoms with Crippen molar-refractivity contribution in [3.05, 3.63) is 322 Å². The highest BCUT2D eigenvalue weighted by molar-refractivity contribution is 7.26. The van der Waals surface area contributed by atoms with Gasteiger partial charge in [0.2, 0.25) is 0 Å². The van der Waals surface area contributed by atoms with Crippen molar-refractivity contribution in [3.8, 4) is 11.5 Å². The van der Waals surface area contributed by atoms with Crippen LogP contribution in [0.3, 0.4) is 0 Å². The van der Waals surface area contributed by atoms with Crippen molar-refractivity contribution in [1.29, 1.82) is 0 Å². The molecule has 20 rings (SSSR count). The summed E-state index contributed by atoms with van der Waals surface area (Å²) in [4.78, 5) is 12.6. The molecule has 0 fully saturated rings. The Bertz CT molecular complexity index is 5690. The second kappa shape index (κ2) is 21.0. The van der Waals surface area contributed by atoms with E-state index in [1.807, 2.05) is 22.7 Å². The zero-order chi connectivity index (χ0) is 61.5. The molecular weight excluding hydrogens is 1180 g/mol. The van der Waals surface area contributed by atoms with Crippen LogP contribution in [0, 0.1) is 0 Å². The van der Waals surface area contributed by atoms with Gasteiger partial charge in [0, 0.05) is 109 Å². The minimum atomic E-state index is -0.216. The Morgan fingerprint density at radius 1 is 0.266 bits per heavy atom. The number of rotatable bonds is 9. The van der Waals surface area contributed by atoms with Gasteiger partial charge >= 0.3 is 0 Å². The molecule has 16 aromatic rings. The van der Waals surface area contributed by atoms with Crippen molar-refractivity contribution in [3.63, 3.8) is 0 Å². The third-order valence-electron chi connectivity index (χ3n) is 19.6. The average molecular weight is 1230 g/mol. The van der Waals surface area contributed by atoms with E-state index in [-0.39, 0.29) is 13.4 Å². The van der Waals surface area contributed by atoms with E-state index in [0.29, 0.717) is 0 Å². The van der Waals surface area contributed by atoms with E-state index in [2.05, 4.69) is 346 Å². The van der Waals surface area contributed by atoms with Crippen LogP contribution in [-0.2, 0) is 0 Å². The van der Waals surface area contributed by atoms with Gasteiger partial charge in [0.05, 0.1) is 22.7 Å². The fourth-order valence-corrected chi connectivity index (χ4v) is 18.1. The number of ether oxygens (including phenoxy) is 1. The van der Waals surface area contributed by atoms with Crippen LogP contribution in [0.4, 0.5) is 85.3 Å². The van der Waals surface area contributed by atoms with Gasteiger partial charge in [-0.3, -0.25) is 0 Å². The average Bonchev–Trinajstić information content (AvgIpc) is 0.910. The molecule has 0 saturated carbocycles. The molecule has 14 aromatic carbocycles. The number of para-hydroxylation sites is 7. The molecule has 10 heteroatoms. The van der Waals surface area contributed by atoms with E-state index < -0.39 is 0 Å². The van der Waals surface area contributed by atoms with Crippen LogP contribution in [0.1, 0.15) is 0 Å². The first kappa shape index (κ1) is 53.1. The summed E-state index contributed by atoms with van der Waals surface area (Å²) >= 11 is 3.71. The number of hydrogen-bond acceptors (Lipinski definition) is 8. The molecule has 4 aliphatic rings. The van der Waals surface area contributed by atoms with Gasteiger partial charge in [-0.2, -0.15) is 0 Å². The second-order valence-corrected chi connectivity index (χ2v) is 26.8. The first-order chi connectivity index (χ1) is 46.7. The van der Waals surface area contributed by atoms with Gasteiger partial charge in [0.15, 0.2) is 0 Å². The highest BCUT2D eigenvalue weighted by atomic mass is 32.1. The van der Waals surface area contributed by atoms with Crippen LogP contribution in [0.15, 0.2) is 322 Å². The molecule has 0 amide bonds. The Kier molecular flexibility index (Phi) is 11.9. The van der Waals surface area contributed by atoms with Gasteiger partial charge in [0.25, 0.3) is 13.4 Å². The molecule has 2 aromatic heterocycles. The minimum absolute atomic E-state index is 0.177. The van der Waals surface area contributed by atoms with Crippen molar-refractivity contribution in [2.45, 2.75) is 0 Å². The van der Waals surface area contributed by atoms with E-state index in [1.54, 1.807) is 0 Å². The molecule has 0 aliphatic carbocycles. The topological polar surface area (TPSA) is 25.4 Å². The Labute approximate surface area is 553 Å². The predicted octanol–water partition coefficient (Wildman–Crippen LogP) is 19.8. The standard InChI is InChI=1S/C84H53B2N5OS2/c1-6-26-54(27-7-1)87(55-28-8-2-9-29-55)59-48-72-83-73(49-59)90(58-34-14-5-15-35-58)70-53-71-66(52-65(70)85(83)63-38-18-20-40-67(63)89(72)57-32-12-4-13-33-57)86-64-39-19-21-43-75(64)92-76-51-60(50-74(84(76)86)91(71)69-42-25-47-80-82(69)62-37-17-23-45-78(62)94-80)88(56-30-10-3-11-31-56)68-41-24-46-79-81(68)61-36-16-22-44-77(61)93-79/h1-53H. The Morgan fingerprint density at radius 2 is 0.713 bits per heavy atom. The fourth-order valence-electron chi connectivity index (χ4n) is 15.8. The number of anilines is 15. The molecule has 0 bridgehead atoms. The lowest BCUT2D eigenvalue weighted by atomic mass is 9.30. The molecule has 6 nitrogen and oxygen atoms in total. The normalized spacial score (nSPS) is 13.1. The van der Waals surface area contributed by atoms with Crippen LogP contribution in [-0.4, -0.2) is 13.4 Å². The van der Waals surface area contributed by atoms with Gasteiger partial charge in [0.1, 0.15) is 11.5 Å². The predicted molar refractivity (Wildman–Crippen MR) is 401 cm³/mol. The summed E-state index contributed by atoms with van der Waals surface area (Å²) in [5, 5.41) is 4.92. The number of benzene rings is 14. The summed E-state index contributed by atoms with van der Waals surface area (Å²) in [5.74, 6) is 1.70. The van der Waals surface area contributed by atoms with Gasteiger partial charge in [-0.1, -0.05) is 182 Å². The molecular formula is C84H53B2N5OS2. The van der Waals surface area contributed by atoms with Crippen LogP contribution in [0.2, 0.25) is 0 Å². The minimum Gasteiger partial charge on any atom is -0.458 e. The van der Waals surface area contributed by atoms with Crippen LogP contribution in [0.5, 0.6) is 11.5 Å². The molecule has 0 spiro atoms. The highest BCUT2D eigenvalue weighted by Gasteiger charge is 2.49. The Hall–Kier alpha value is -11.6. The van der Waals surface area contributed by atoms with Crippen molar-refractivity contribution < 1.29 is 4.74 Å². The maximum atomic E-state index is 7.50. The van der Waals surface area contributed by atoms with Crippen LogP contribution < -0.4 is 62.0 Å². The fraction of sp³-hybridized carbons (Fsp3) is 0. The van der Waals surface area contributed by atoms with E-state index >= 15 is 0 Å². The van der Waals surface area contributed by atoms with Crippen molar-refractivity contribution in [1.82, 2.24) is 0 Å². The molecule has 0 atom stereocenters. The monoisotopic (exact) mass is 1230 g/mol. The van der Waals surface area contributed by atoms with Crippen molar-refractivity contribution >= 4 is 195 Å². The molecule has 0 saturated heterocycles.